The van der Waals surface area contributed by atoms with Gasteiger partial charge in [0.15, 0.2) is 0 Å². The third kappa shape index (κ3) is 6.16. The van der Waals surface area contributed by atoms with Gasteiger partial charge in [-0.3, -0.25) is 19.0 Å². The molecule has 0 aliphatic carbocycles. The lowest BCUT2D eigenvalue weighted by Gasteiger charge is -2.18. The summed E-state index contributed by atoms with van der Waals surface area (Å²) in [5, 5.41) is 5.78. The maximum absolute atomic E-state index is 15.3. The highest BCUT2D eigenvalue weighted by Gasteiger charge is 2.18. The van der Waals surface area contributed by atoms with Crippen molar-refractivity contribution in [1.29, 1.82) is 0 Å². The summed E-state index contributed by atoms with van der Waals surface area (Å²) in [5.74, 6) is -1.17. The summed E-state index contributed by atoms with van der Waals surface area (Å²) >= 11 is 0. The average molecular weight is 574 g/mol. The van der Waals surface area contributed by atoms with E-state index in [4.69, 9.17) is 10.5 Å². The van der Waals surface area contributed by atoms with Crippen LogP contribution in [0.1, 0.15) is 33.5 Å². The number of aromatic nitrogens is 2. The zero-order chi connectivity index (χ0) is 30.6. The largest absolute Gasteiger partial charge is 0.496 e. The smallest absolute Gasteiger partial charge is 0.328 e. The number of primary amides is 1. The van der Waals surface area contributed by atoms with Crippen LogP contribution in [0.2, 0.25) is 0 Å². The van der Waals surface area contributed by atoms with Crippen LogP contribution >= 0.6 is 0 Å². The van der Waals surface area contributed by atoms with Crippen molar-refractivity contribution in [3.63, 3.8) is 0 Å². The number of nitrogens with two attached hydrogens (primary N) is 1. The molecule has 42 heavy (non-hydrogen) atoms. The monoisotopic (exact) mass is 573 g/mol. The highest BCUT2D eigenvalue weighted by Crippen LogP contribution is 2.37. The molecule has 4 aromatic rings. The normalized spacial score (nSPS) is 10.9. The van der Waals surface area contributed by atoms with Crippen LogP contribution in [0.5, 0.6) is 5.75 Å². The van der Waals surface area contributed by atoms with Crippen LogP contribution in [0, 0.1) is 19.7 Å². The van der Waals surface area contributed by atoms with Crippen molar-refractivity contribution in [3.8, 4) is 28.0 Å². The van der Waals surface area contributed by atoms with Gasteiger partial charge in [-0.25, -0.2) is 9.18 Å². The first-order valence-corrected chi connectivity index (χ1v) is 13.2. The quantitative estimate of drug-likeness (QED) is 0.214. The number of carbonyl (C=O) groups excluding carboxylic acids is 2. The van der Waals surface area contributed by atoms with Crippen molar-refractivity contribution in [2.75, 3.05) is 19.0 Å². The van der Waals surface area contributed by atoms with Crippen LogP contribution in [0.3, 0.4) is 0 Å². The van der Waals surface area contributed by atoms with Crippen molar-refractivity contribution in [2.24, 2.45) is 12.8 Å². The van der Waals surface area contributed by atoms with Crippen LogP contribution in [0.4, 0.5) is 10.1 Å². The third-order valence-electron chi connectivity index (χ3n) is 7.17. The molecule has 5 N–H and O–H groups in total. The second-order valence-corrected chi connectivity index (χ2v) is 9.81. The fraction of sp³-hybridized carbons (Fsp3) is 0.226. The van der Waals surface area contributed by atoms with Gasteiger partial charge in [0.2, 0.25) is 5.91 Å². The minimum absolute atomic E-state index is 0.143. The van der Waals surface area contributed by atoms with E-state index in [-0.39, 0.29) is 18.5 Å². The standard InChI is InChI=1S/C31H32FN5O5/c1-17-20(19-13-25(32)23(27(14-19)42-4)15-34-12-11-28(33)38)7-5-8-21(17)22-9-6-10-26(18(22)2)36-29(39)24-16-35-31(41)37(3)30(24)40/h5-10,13-14,16,34H,11-12,15H2,1-4H3,(H2,33,38)(H,35,41)(H,36,39). The van der Waals surface area contributed by atoms with E-state index in [0.29, 0.717) is 29.1 Å². The van der Waals surface area contributed by atoms with Crippen molar-refractivity contribution in [1.82, 2.24) is 14.9 Å². The summed E-state index contributed by atoms with van der Waals surface area (Å²) in [5.41, 5.74) is 9.27. The molecule has 0 fully saturated rings. The van der Waals surface area contributed by atoms with Crippen LogP contribution in [-0.2, 0) is 18.4 Å². The lowest BCUT2D eigenvalue weighted by Crippen LogP contribution is -2.37. The molecule has 1 heterocycles. The molecule has 0 atom stereocenters. The van der Waals surface area contributed by atoms with Crippen molar-refractivity contribution >= 4 is 17.5 Å². The van der Waals surface area contributed by atoms with E-state index >= 15 is 4.39 Å². The van der Waals surface area contributed by atoms with Gasteiger partial charge in [0.1, 0.15) is 17.1 Å². The Morgan fingerprint density at radius 3 is 2.38 bits per heavy atom. The Kier molecular flexibility index (Phi) is 9.02. The number of carbonyl (C=O) groups is 2. The van der Waals surface area contributed by atoms with Crippen molar-refractivity contribution in [3.05, 3.63) is 104 Å². The summed E-state index contributed by atoms with van der Waals surface area (Å²) < 4.78 is 21.6. The number of amides is 2. The number of H-pyrrole nitrogens is 1. The summed E-state index contributed by atoms with van der Waals surface area (Å²) in [6, 6.07) is 14.4. The summed E-state index contributed by atoms with van der Waals surface area (Å²) in [4.78, 5) is 50.4. The number of rotatable bonds is 10. The predicted octanol–water partition coefficient (Wildman–Crippen LogP) is 3.39. The second-order valence-electron chi connectivity index (χ2n) is 9.81. The summed E-state index contributed by atoms with van der Waals surface area (Å²) in [6.45, 7) is 4.28. The summed E-state index contributed by atoms with van der Waals surface area (Å²) in [6.07, 6.45) is 1.24. The maximum atomic E-state index is 15.3. The van der Waals surface area contributed by atoms with Crippen LogP contribution < -0.4 is 32.4 Å². The Bertz CT molecular complexity index is 1790. The van der Waals surface area contributed by atoms with Crippen LogP contribution in [-0.4, -0.2) is 35.0 Å². The molecular weight excluding hydrogens is 541 g/mol. The number of aromatic amines is 1. The zero-order valence-corrected chi connectivity index (χ0v) is 23.8. The van der Waals surface area contributed by atoms with E-state index in [0.717, 1.165) is 38.6 Å². The molecule has 0 spiro atoms. The van der Waals surface area contributed by atoms with Crippen LogP contribution in [0.25, 0.3) is 22.3 Å². The van der Waals surface area contributed by atoms with Gasteiger partial charge in [-0.1, -0.05) is 30.3 Å². The van der Waals surface area contributed by atoms with Gasteiger partial charge in [0, 0.05) is 44.0 Å². The van der Waals surface area contributed by atoms with Crippen molar-refractivity contribution in [2.45, 2.75) is 26.8 Å². The zero-order valence-electron chi connectivity index (χ0n) is 23.8. The van der Waals surface area contributed by atoms with Gasteiger partial charge in [-0.15, -0.1) is 0 Å². The molecule has 3 aromatic carbocycles. The molecule has 0 saturated heterocycles. The molecular formula is C31H32FN5O5. The van der Waals surface area contributed by atoms with E-state index in [1.807, 2.05) is 38.1 Å². The SMILES string of the molecule is COc1cc(-c2cccc(-c3cccc(NC(=O)c4c[nH]c(=O)n(C)c4=O)c3C)c2C)cc(F)c1CNCCC(N)=O. The van der Waals surface area contributed by atoms with Gasteiger partial charge in [-0.05, 0) is 65.4 Å². The molecule has 218 valence electrons. The minimum Gasteiger partial charge on any atom is -0.496 e. The van der Waals surface area contributed by atoms with E-state index in [9.17, 15) is 19.2 Å². The van der Waals surface area contributed by atoms with Gasteiger partial charge >= 0.3 is 5.69 Å². The first-order chi connectivity index (χ1) is 20.0. The fourth-order valence-corrected chi connectivity index (χ4v) is 4.77. The highest BCUT2D eigenvalue weighted by atomic mass is 19.1. The Labute approximate surface area is 241 Å². The first kappa shape index (κ1) is 29.9. The number of nitrogens with zero attached hydrogens (tertiary/aromatic N) is 1. The molecule has 1 aromatic heterocycles. The number of ether oxygens (including phenoxy) is 1. The van der Waals surface area contributed by atoms with E-state index in [1.165, 1.54) is 20.2 Å². The molecule has 0 bridgehead atoms. The Hall–Kier alpha value is -5.03. The molecule has 0 aliphatic rings. The van der Waals surface area contributed by atoms with Gasteiger partial charge in [-0.2, -0.15) is 0 Å². The number of hydrogen-bond acceptors (Lipinski definition) is 6. The lowest BCUT2D eigenvalue weighted by molar-refractivity contribution is -0.117. The minimum atomic E-state index is -0.705. The lowest BCUT2D eigenvalue weighted by atomic mass is 9.90. The number of hydrogen-bond donors (Lipinski definition) is 4. The number of halogens is 1. The van der Waals surface area contributed by atoms with Gasteiger partial charge < -0.3 is 26.1 Å². The number of methoxy groups -OCH3 is 1. The average Bonchev–Trinajstić information content (AvgIpc) is 2.95. The first-order valence-electron chi connectivity index (χ1n) is 13.2. The molecule has 0 unspecified atom stereocenters. The van der Waals surface area contributed by atoms with Gasteiger partial charge in [0.05, 0.1) is 7.11 Å². The van der Waals surface area contributed by atoms with Crippen LogP contribution in [0.15, 0.2) is 64.3 Å². The Morgan fingerprint density at radius 1 is 1.02 bits per heavy atom. The summed E-state index contributed by atoms with van der Waals surface area (Å²) in [7, 11) is 2.76. The molecule has 0 aliphatic heterocycles. The molecule has 2 amide bonds. The maximum Gasteiger partial charge on any atom is 0.328 e. The van der Waals surface area contributed by atoms with Crippen molar-refractivity contribution < 1.29 is 18.7 Å². The highest BCUT2D eigenvalue weighted by molar-refractivity contribution is 6.04. The number of anilines is 1. The fourth-order valence-electron chi connectivity index (χ4n) is 4.77. The third-order valence-corrected chi connectivity index (χ3v) is 7.17. The molecule has 0 saturated carbocycles. The second kappa shape index (κ2) is 12.6. The van der Waals surface area contributed by atoms with E-state index < -0.39 is 28.9 Å². The predicted molar refractivity (Wildman–Crippen MR) is 159 cm³/mol. The molecule has 4 rings (SSSR count). The topological polar surface area (TPSA) is 148 Å². The van der Waals surface area contributed by atoms with Gasteiger partial charge in [0.25, 0.3) is 11.5 Å². The Morgan fingerprint density at radius 2 is 1.69 bits per heavy atom. The number of nitrogens with one attached hydrogen (secondary N) is 3. The van der Waals surface area contributed by atoms with E-state index in [1.54, 1.807) is 18.2 Å². The number of benzene rings is 3. The Balaban J connectivity index is 1.67. The van der Waals surface area contributed by atoms with E-state index in [2.05, 4.69) is 15.6 Å². The molecule has 11 heteroatoms. The molecule has 0 radical (unpaired) electrons. The molecule has 10 nitrogen and oxygen atoms in total.